The maximum Gasteiger partial charge on any atom is 0.0736 e. The zero-order valence-electron chi connectivity index (χ0n) is 8.93. The summed E-state index contributed by atoms with van der Waals surface area (Å²) in [4.78, 5) is 4.06. The van der Waals surface area contributed by atoms with Crippen molar-refractivity contribution in [3.8, 4) is 0 Å². The zero-order chi connectivity index (χ0) is 10.5. The van der Waals surface area contributed by atoms with Gasteiger partial charge in [0, 0.05) is 18.4 Å². The topological polar surface area (TPSA) is 48.1 Å². The Hall–Kier alpha value is -0.930. The molecule has 1 saturated carbocycles. The molecule has 1 aliphatic rings. The number of hydrogen-bond donors (Lipinski definition) is 1. The second-order valence-corrected chi connectivity index (χ2v) is 4.16. The Bertz CT molecular complexity index is 289. The van der Waals surface area contributed by atoms with Gasteiger partial charge in [-0.2, -0.15) is 0 Å². The van der Waals surface area contributed by atoms with Gasteiger partial charge in [-0.15, -0.1) is 0 Å². The van der Waals surface area contributed by atoms with Gasteiger partial charge in [0.1, 0.15) is 0 Å². The van der Waals surface area contributed by atoms with Crippen LogP contribution in [-0.4, -0.2) is 17.1 Å². The van der Waals surface area contributed by atoms with Crippen molar-refractivity contribution in [3.63, 3.8) is 0 Å². The summed E-state index contributed by atoms with van der Waals surface area (Å²) in [6.45, 7) is 0.631. The van der Waals surface area contributed by atoms with E-state index in [4.69, 9.17) is 10.5 Å². The molecule has 1 aliphatic carbocycles. The summed E-state index contributed by atoms with van der Waals surface area (Å²) in [7, 11) is 0. The Labute approximate surface area is 90.7 Å². The predicted molar refractivity (Wildman–Crippen MR) is 59.3 cm³/mol. The lowest BCUT2D eigenvalue weighted by Crippen LogP contribution is -2.39. The van der Waals surface area contributed by atoms with E-state index >= 15 is 0 Å². The standard InChI is InChI=1S/C12H18N2O/c13-11-5-1-2-6-12(11)15-9-10-4-3-7-14-8-10/h3-4,7-8,11-12H,1-2,5-6,9,13H2. The Balaban J connectivity index is 1.82. The molecule has 3 nitrogen and oxygen atoms in total. The number of nitrogens with zero attached hydrogens (tertiary/aromatic N) is 1. The molecular weight excluding hydrogens is 188 g/mol. The molecule has 2 unspecified atom stereocenters. The third-order valence-corrected chi connectivity index (χ3v) is 2.94. The van der Waals surface area contributed by atoms with Gasteiger partial charge in [0.2, 0.25) is 0 Å². The van der Waals surface area contributed by atoms with Crippen LogP contribution in [-0.2, 0) is 11.3 Å². The first-order valence-electron chi connectivity index (χ1n) is 5.62. The summed E-state index contributed by atoms with van der Waals surface area (Å²) in [6.07, 6.45) is 8.53. The summed E-state index contributed by atoms with van der Waals surface area (Å²) in [5, 5.41) is 0. The van der Waals surface area contributed by atoms with E-state index in [2.05, 4.69) is 4.98 Å². The van der Waals surface area contributed by atoms with Crippen LogP contribution in [0.5, 0.6) is 0 Å². The number of hydrogen-bond acceptors (Lipinski definition) is 3. The van der Waals surface area contributed by atoms with Gasteiger partial charge in [0.15, 0.2) is 0 Å². The molecule has 0 radical (unpaired) electrons. The molecule has 1 aromatic rings. The van der Waals surface area contributed by atoms with Crippen molar-refractivity contribution in [1.29, 1.82) is 0 Å². The Kier molecular flexibility index (Phi) is 3.69. The van der Waals surface area contributed by atoms with E-state index in [1.54, 1.807) is 6.20 Å². The van der Waals surface area contributed by atoms with Gasteiger partial charge < -0.3 is 10.5 Å². The van der Waals surface area contributed by atoms with E-state index < -0.39 is 0 Å². The quantitative estimate of drug-likeness (QED) is 0.821. The average Bonchev–Trinajstić information content (AvgIpc) is 2.29. The monoisotopic (exact) mass is 206 g/mol. The number of ether oxygens (including phenoxy) is 1. The average molecular weight is 206 g/mol. The first kappa shape index (κ1) is 10.6. The van der Waals surface area contributed by atoms with Crippen LogP contribution in [0.3, 0.4) is 0 Å². The van der Waals surface area contributed by atoms with Gasteiger partial charge in [0.25, 0.3) is 0 Å². The largest absolute Gasteiger partial charge is 0.372 e. The van der Waals surface area contributed by atoms with Crippen LogP contribution in [0.25, 0.3) is 0 Å². The smallest absolute Gasteiger partial charge is 0.0736 e. The minimum atomic E-state index is 0.218. The van der Waals surface area contributed by atoms with Crippen LogP contribution in [0.4, 0.5) is 0 Å². The maximum absolute atomic E-state index is 6.00. The third-order valence-electron chi connectivity index (χ3n) is 2.94. The number of pyridine rings is 1. The SMILES string of the molecule is NC1CCCCC1OCc1cccnc1. The third kappa shape index (κ3) is 3.01. The van der Waals surface area contributed by atoms with Crippen LogP contribution in [0.15, 0.2) is 24.5 Å². The summed E-state index contributed by atoms with van der Waals surface area (Å²) in [6, 6.07) is 4.18. The highest BCUT2D eigenvalue weighted by Crippen LogP contribution is 2.20. The lowest BCUT2D eigenvalue weighted by Gasteiger charge is -2.28. The molecule has 0 spiro atoms. The molecule has 1 aromatic heterocycles. The van der Waals surface area contributed by atoms with Crippen molar-refractivity contribution in [2.75, 3.05) is 0 Å². The van der Waals surface area contributed by atoms with Crippen molar-refractivity contribution in [2.45, 2.75) is 44.4 Å². The van der Waals surface area contributed by atoms with Crippen molar-refractivity contribution < 1.29 is 4.74 Å². The molecule has 0 amide bonds. The molecule has 2 rings (SSSR count). The van der Waals surface area contributed by atoms with Crippen molar-refractivity contribution in [1.82, 2.24) is 4.98 Å². The molecule has 82 valence electrons. The molecular formula is C12H18N2O. The van der Waals surface area contributed by atoms with Crippen molar-refractivity contribution >= 4 is 0 Å². The Morgan fingerprint density at radius 3 is 3.00 bits per heavy atom. The summed E-state index contributed by atoms with van der Waals surface area (Å²) in [5.74, 6) is 0. The molecule has 0 aliphatic heterocycles. The van der Waals surface area contributed by atoms with E-state index in [1.165, 1.54) is 12.8 Å². The minimum Gasteiger partial charge on any atom is -0.372 e. The van der Waals surface area contributed by atoms with E-state index in [0.29, 0.717) is 6.61 Å². The Morgan fingerprint density at radius 1 is 1.40 bits per heavy atom. The number of nitrogens with two attached hydrogens (primary N) is 1. The number of aromatic nitrogens is 1. The van der Waals surface area contributed by atoms with Gasteiger partial charge >= 0.3 is 0 Å². The summed E-state index contributed by atoms with van der Waals surface area (Å²) in [5.41, 5.74) is 7.12. The fourth-order valence-corrected chi connectivity index (χ4v) is 2.02. The molecule has 0 aromatic carbocycles. The van der Waals surface area contributed by atoms with Gasteiger partial charge in [-0.3, -0.25) is 4.98 Å². The lowest BCUT2D eigenvalue weighted by molar-refractivity contribution is 0.00393. The minimum absolute atomic E-state index is 0.218. The molecule has 3 heteroatoms. The van der Waals surface area contributed by atoms with E-state index in [0.717, 1.165) is 18.4 Å². The van der Waals surface area contributed by atoms with Crippen LogP contribution >= 0.6 is 0 Å². The highest BCUT2D eigenvalue weighted by Gasteiger charge is 2.22. The van der Waals surface area contributed by atoms with E-state index in [-0.39, 0.29) is 12.1 Å². The molecule has 15 heavy (non-hydrogen) atoms. The first-order valence-corrected chi connectivity index (χ1v) is 5.62. The van der Waals surface area contributed by atoms with E-state index in [9.17, 15) is 0 Å². The van der Waals surface area contributed by atoms with Crippen LogP contribution in [0.1, 0.15) is 31.2 Å². The molecule has 2 atom stereocenters. The molecule has 2 N–H and O–H groups in total. The van der Waals surface area contributed by atoms with Crippen LogP contribution in [0, 0.1) is 0 Å². The van der Waals surface area contributed by atoms with Crippen LogP contribution < -0.4 is 5.73 Å². The normalized spacial score (nSPS) is 26.5. The molecule has 0 saturated heterocycles. The fourth-order valence-electron chi connectivity index (χ4n) is 2.02. The van der Waals surface area contributed by atoms with Gasteiger partial charge in [0.05, 0.1) is 12.7 Å². The maximum atomic E-state index is 6.00. The molecule has 1 heterocycles. The first-order chi connectivity index (χ1) is 7.36. The van der Waals surface area contributed by atoms with Gasteiger partial charge in [-0.05, 0) is 24.5 Å². The second kappa shape index (κ2) is 5.24. The Morgan fingerprint density at radius 2 is 2.27 bits per heavy atom. The fraction of sp³-hybridized carbons (Fsp3) is 0.583. The summed E-state index contributed by atoms with van der Waals surface area (Å²) >= 11 is 0. The van der Waals surface area contributed by atoms with Crippen LogP contribution in [0.2, 0.25) is 0 Å². The van der Waals surface area contributed by atoms with Gasteiger partial charge in [-0.25, -0.2) is 0 Å². The summed E-state index contributed by atoms with van der Waals surface area (Å²) < 4.78 is 5.82. The lowest BCUT2D eigenvalue weighted by atomic mass is 9.93. The molecule has 1 fully saturated rings. The highest BCUT2D eigenvalue weighted by molar-refractivity contribution is 5.06. The van der Waals surface area contributed by atoms with Crippen molar-refractivity contribution in [2.24, 2.45) is 5.73 Å². The van der Waals surface area contributed by atoms with E-state index in [1.807, 2.05) is 18.3 Å². The predicted octanol–water partition coefficient (Wildman–Crippen LogP) is 1.87. The zero-order valence-corrected chi connectivity index (χ0v) is 8.93. The van der Waals surface area contributed by atoms with Gasteiger partial charge in [-0.1, -0.05) is 18.9 Å². The molecule has 0 bridgehead atoms. The highest BCUT2D eigenvalue weighted by atomic mass is 16.5. The number of rotatable bonds is 3. The van der Waals surface area contributed by atoms with Crippen molar-refractivity contribution in [3.05, 3.63) is 30.1 Å². The second-order valence-electron chi connectivity index (χ2n) is 4.16.